The van der Waals surface area contributed by atoms with Crippen LogP contribution in [0.4, 0.5) is 0 Å². The molecule has 0 aromatic carbocycles. The van der Waals surface area contributed by atoms with Gasteiger partial charge in [-0.05, 0) is 0 Å². The van der Waals surface area contributed by atoms with Crippen molar-refractivity contribution in [2.45, 2.75) is 6.10 Å². The van der Waals surface area contributed by atoms with Crippen LogP contribution >= 0.6 is 0 Å². The van der Waals surface area contributed by atoms with Crippen LogP contribution in [0.25, 0.3) is 0 Å². The molecule has 0 amide bonds. The molecule has 2 heterocycles. The summed E-state index contributed by atoms with van der Waals surface area (Å²) in [5.41, 5.74) is 1.03. The number of morpholine rings is 1. The van der Waals surface area contributed by atoms with E-state index in [-0.39, 0.29) is 6.10 Å². The highest BCUT2D eigenvalue weighted by Crippen LogP contribution is 2.21. The van der Waals surface area contributed by atoms with Gasteiger partial charge in [0.1, 0.15) is 6.10 Å². The molecule has 1 aromatic heterocycles. The number of ether oxygens (including phenoxy) is 1. The average Bonchev–Trinajstić information content (AvgIpc) is 2.93. The number of guanidine groups is 1. The minimum Gasteiger partial charge on any atom is -0.370 e. The monoisotopic (exact) mass is 344 g/mol. The maximum atomic E-state index is 11.0. The first-order valence-electron chi connectivity index (χ1n) is 7.39. The van der Waals surface area contributed by atoms with E-state index in [0.29, 0.717) is 26.2 Å². The Balaban J connectivity index is 1.88. The highest BCUT2D eigenvalue weighted by molar-refractivity contribution is 7.88. The average molecular weight is 344 g/mol. The summed E-state index contributed by atoms with van der Waals surface area (Å²) in [5, 5.41) is 7.33. The minimum absolute atomic E-state index is 0.0508. The third-order valence-electron chi connectivity index (χ3n) is 3.45. The summed E-state index contributed by atoms with van der Waals surface area (Å²) < 4.78 is 32.1. The Bertz CT molecular complexity index is 642. The van der Waals surface area contributed by atoms with Gasteiger partial charge in [-0.1, -0.05) is 0 Å². The van der Waals surface area contributed by atoms with E-state index in [1.807, 2.05) is 13.2 Å². The number of aryl methyl sites for hydroxylation is 1. The molecule has 2 rings (SSSR count). The number of nitrogens with one attached hydrogen (secondary N) is 2. The molecular weight excluding hydrogens is 320 g/mol. The van der Waals surface area contributed by atoms with Crippen LogP contribution in [0.5, 0.6) is 0 Å². The zero-order valence-corrected chi connectivity index (χ0v) is 14.5. The number of hydrogen-bond acceptors (Lipinski definition) is 5. The van der Waals surface area contributed by atoms with Crippen molar-refractivity contribution in [3.05, 3.63) is 18.0 Å². The number of nitrogens with zero attached hydrogens (tertiary/aromatic N) is 4. The largest absolute Gasteiger partial charge is 0.370 e. The summed E-state index contributed by atoms with van der Waals surface area (Å²) in [7, 11) is 0.415. The van der Waals surface area contributed by atoms with E-state index in [4.69, 9.17) is 4.74 Å². The third-order valence-corrected chi connectivity index (χ3v) is 4.18. The lowest BCUT2D eigenvalue weighted by atomic mass is 10.1. The molecule has 130 valence electrons. The van der Waals surface area contributed by atoms with Gasteiger partial charge in [-0.15, -0.1) is 0 Å². The van der Waals surface area contributed by atoms with Crippen molar-refractivity contribution >= 4 is 16.0 Å². The van der Waals surface area contributed by atoms with Crippen molar-refractivity contribution in [2.75, 3.05) is 46.1 Å². The highest BCUT2D eigenvalue weighted by atomic mass is 32.2. The molecular formula is C13H24N6O3S. The van der Waals surface area contributed by atoms with E-state index in [9.17, 15) is 8.42 Å². The van der Waals surface area contributed by atoms with Crippen LogP contribution in [0.2, 0.25) is 0 Å². The van der Waals surface area contributed by atoms with Crippen molar-refractivity contribution in [2.24, 2.45) is 12.0 Å². The molecule has 1 fully saturated rings. The first-order chi connectivity index (χ1) is 10.9. The van der Waals surface area contributed by atoms with Crippen LogP contribution in [0, 0.1) is 0 Å². The lowest BCUT2D eigenvalue weighted by molar-refractivity contribution is -0.00800. The fraction of sp³-hybridized carbons (Fsp3) is 0.692. The van der Waals surface area contributed by atoms with Gasteiger partial charge in [0.15, 0.2) is 5.96 Å². The van der Waals surface area contributed by atoms with Crippen LogP contribution in [0.3, 0.4) is 0 Å². The first-order valence-corrected chi connectivity index (χ1v) is 9.28. The maximum Gasteiger partial charge on any atom is 0.208 e. The van der Waals surface area contributed by atoms with Crippen molar-refractivity contribution < 1.29 is 13.2 Å². The molecule has 23 heavy (non-hydrogen) atoms. The van der Waals surface area contributed by atoms with Crippen LogP contribution in [0.1, 0.15) is 11.7 Å². The molecule has 1 aliphatic rings. The van der Waals surface area contributed by atoms with E-state index < -0.39 is 10.0 Å². The van der Waals surface area contributed by atoms with Gasteiger partial charge in [-0.3, -0.25) is 9.67 Å². The van der Waals surface area contributed by atoms with Gasteiger partial charge in [0.25, 0.3) is 0 Å². The second-order valence-corrected chi connectivity index (χ2v) is 7.23. The Kier molecular flexibility index (Phi) is 5.97. The molecule has 0 saturated carbocycles. The summed E-state index contributed by atoms with van der Waals surface area (Å²) >= 11 is 0. The number of aliphatic imine (C=N–C) groups is 1. The molecule has 0 bridgehead atoms. The van der Waals surface area contributed by atoms with Crippen LogP contribution in [-0.4, -0.2) is 75.1 Å². The van der Waals surface area contributed by atoms with E-state index in [1.54, 1.807) is 17.9 Å². The number of rotatable bonds is 5. The number of aromatic nitrogens is 2. The second kappa shape index (κ2) is 7.75. The Hall–Kier alpha value is -1.65. The predicted octanol–water partition coefficient (Wildman–Crippen LogP) is -1.08. The molecule has 1 aliphatic heterocycles. The van der Waals surface area contributed by atoms with Crippen molar-refractivity contribution in [3.8, 4) is 0 Å². The standard InChI is InChI=1S/C13H24N6O3S/c1-14-13(15-4-5-17-23(3,20)21)19-6-7-22-12(10-19)11-8-16-18(2)9-11/h8-9,12,17H,4-7,10H2,1-3H3,(H,14,15). The Morgan fingerprint density at radius 1 is 1.52 bits per heavy atom. The lowest BCUT2D eigenvalue weighted by Crippen LogP contribution is -2.49. The van der Waals surface area contributed by atoms with Gasteiger partial charge < -0.3 is 15.0 Å². The fourth-order valence-corrected chi connectivity index (χ4v) is 2.87. The van der Waals surface area contributed by atoms with Crippen LogP contribution in [-0.2, 0) is 21.8 Å². The Labute approximate surface area is 136 Å². The molecule has 1 unspecified atom stereocenters. The first kappa shape index (κ1) is 17.7. The normalized spacial score (nSPS) is 19.9. The molecule has 1 aromatic rings. The second-order valence-electron chi connectivity index (χ2n) is 5.39. The Morgan fingerprint density at radius 2 is 2.30 bits per heavy atom. The number of sulfonamides is 1. The smallest absolute Gasteiger partial charge is 0.208 e. The van der Waals surface area contributed by atoms with E-state index in [0.717, 1.165) is 24.3 Å². The maximum absolute atomic E-state index is 11.0. The summed E-state index contributed by atoms with van der Waals surface area (Å²) in [6, 6.07) is 0. The zero-order valence-electron chi connectivity index (χ0n) is 13.7. The minimum atomic E-state index is -3.17. The van der Waals surface area contributed by atoms with Crippen molar-refractivity contribution in [1.29, 1.82) is 0 Å². The van der Waals surface area contributed by atoms with Gasteiger partial charge in [0.05, 0.1) is 25.6 Å². The van der Waals surface area contributed by atoms with Crippen LogP contribution < -0.4 is 10.0 Å². The van der Waals surface area contributed by atoms with E-state index in [1.165, 1.54) is 0 Å². The van der Waals surface area contributed by atoms with E-state index in [2.05, 4.69) is 25.0 Å². The zero-order chi connectivity index (χ0) is 16.9. The molecule has 0 radical (unpaired) electrons. The molecule has 0 spiro atoms. The lowest BCUT2D eigenvalue weighted by Gasteiger charge is -2.34. The van der Waals surface area contributed by atoms with Crippen LogP contribution in [0.15, 0.2) is 17.4 Å². The summed E-state index contributed by atoms with van der Waals surface area (Å²) in [4.78, 5) is 6.36. The van der Waals surface area contributed by atoms with Gasteiger partial charge >= 0.3 is 0 Å². The summed E-state index contributed by atoms with van der Waals surface area (Å²) in [6.07, 6.45) is 4.84. The van der Waals surface area contributed by atoms with Gasteiger partial charge in [-0.2, -0.15) is 5.10 Å². The SMILES string of the molecule is CN=C(NCCNS(C)(=O)=O)N1CCOC(c2cnn(C)c2)C1. The van der Waals surface area contributed by atoms with Gasteiger partial charge in [0.2, 0.25) is 10.0 Å². The predicted molar refractivity (Wildman–Crippen MR) is 87.7 cm³/mol. The summed E-state index contributed by atoms with van der Waals surface area (Å²) in [5.74, 6) is 0.734. The van der Waals surface area contributed by atoms with Crippen molar-refractivity contribution in [3.63, 3.8) is 0 Å². The van der Waals surface area contributed by atoms with E-state index >= 15 is 0 Å². The third kappa shape index (κ3) is 5.48. The quantitative estimate of drug-likeness (QED) is 0.400. The van der Waals surface area contributed by atoms with Gasteiger partial charge in [0, 0.05) is 45.5 Å². The molecule has 9 nitrogen and oxygen atoms in total. The molecule has 1 saturated heterocycles. The van der Waals surface area contributed by atoms with Gasteiger partial charge in [-0.25, -0.2) is 13.1 Å². The number of hydrogen-bond donors (Lipinski definition) is 2. The summed E-state index contributed by atoms with van der Waals surface area (Å²) in [6.45, 7) is 2.78. The molecule has 2 N–H and O–H groups in total. The highest BCUT2D eigenvalue weighted by Gasteiger charge is 2.24. The van der Waals surface area contributed by atoms with Crippen molar-refractivity contribution in [1.82, 2.24) is 24.7 Å². The fourth-order valence-electron chi connectivity index (χ4n) is 2.39. The molecule has 10 heteroatoms. The topological polar surface area (TPSA) is 101 Å². The molecule has 0 aliphatic carbocycles. The molecule has 1 atom stereocenters. The Morgan fingerprint density at radius 3 is 2.91 bits per heavy atom.